The lowest BCUT2D eigenvalue weighted by Gasteiger charge is -1.55. The van der Waals surface area contributed by atoms with Gasteiger partial charge in [0.1, 0.15) is 0 Å². The molecule has 0 aliphatic carbocycles. The number of nitriles is 1. The van der Waals surface area contributed by atoms with Crippen LogP contribution >= 0.6 is 0 Å². The van der Waals surface area contributed by atoms with Crippen LogP contribution < -0.4 is 0 Å². The molecule has 32 valence electrons. The number of hydrogen-bond donors (Lipinski definition) is 0. The molecule has 2 atom stereocenters. The molecule has 0 saturated carbocycles. The Morgan fingerprint density at radius 3 is 2.33 bits per heavy atom. The molecule has 1 fully saturated rings. The summed E-state index contributed by atoms with van der Waals surface area (Å²) < 4.78 is 4.70. The lowest BCUT2D eigenvalue weighted by molar-refractivity contribution is 0.402. The third kappa shape index (κ3) is 0.373. The average molecular weight is 83.1 g/mol. The summed E-state index contributed by atoms with van der Waals surface area (Å²) in [4.78, 5) is 0. The lowest BCUT2D eigenvalue weighted by Crippen LogP contribution is -1.78. The topological polar surface area (TPSA) is 36.3 Å². The molecule has 1 heterocycles. The molecule has 0 aromatic carbocycles. The second kappa shape index (κ2) is 0.954. The fraction of sp³-hybridized carbons (Fsp3) is 0.750. The van der Waals surface area contributed by atoms with Gasteiger partial charge in [0.15, 0.2) is 6.10 Å². The van der Waals surface area contributed by atoms with E-state index in [1.165, 1.54) is 0 Å². The van der Waals surface area contributed by atoms with Gasteiger partial charge in [0.2, 0.25) is 0 Å². The Kier molecular flexibility index (Phi) is 0.578. The van der Waals surface area contributed by atoms with Crippen LogP contribution in [0.4, 0.5) is 0 Å². The van der Waals surface area contributed by atoms with E-state index in [0.29, 0.717) is 0 Å². The third-order valence-electron chi connectivity index (χ3n) is 0.838. The van der Waals surface area contributed by atoms with Gasteiger partial charge in [-0.25, -0.2) is 0 Å². The van der Waals surface area contributed by atoms with Gasteiger partial charge in [0.05, 0.1) is 12.2 Å². The van der Waals surface area contributed by atoms with Crippen LogP contribution in [0.2, 0.25) is 0 Å². The Bertz CT molecular complexity index is 94.2. The summed E-state index contributed by atoms with van der Waals surface area (Å²) in [6.07, 6.45) is 0.111. The minimum absolute atomic E-state index is 0.0926. The van der Waals surface area contributed by atoms with Crippen molar-refractivity contribution in [1.29, 1.82) is 5.26 Å². The van der Waals surface area contributed by atoms with E-state index in [9.17, 15) is 0 Å². The van der Waals surface area contributed by atoms with Gasteiger partial charge >= 0.3 is 0 Å². The Labute approximate surface area is 36.3 Å². The highest BCUT2D eigenvalue weighted by molar-refractivity contribution is 4.99. The quantitative estimate of drug-likeness (QED) is 0.395. The van der Waals surface area contributed by atoms with Gasteiger partial charge in [0, 0.05) is 0 Å². The first-order valence-electron chi connectivity index (χ1n) is 1.89. The summed E-state index contributed by atoms with van der Waals surface area (Å²) in [5.41, 5.74) is 0. The minimum atomic E-state index is -0.0926. The van der Waals surface area contributed by atoms with Crippen molar-refractivity contribution in [2.75, 3.05) is 0 Å². The molecule has 0 aromatic rings. The number of ether oxygens (including phenoxy) is 1. The van der Waals surface area contributed by atoms with Gasteiger partial charge in [-0.1, -0.05) is 0 Å². The summed E-state index contributed by atoms with van der Waals surface area (Å²) in [5.74, 6) is 0. The summed E-state index contributed by atoms with van der Waals surface area (Å²) in [6.45, 7) is 1.88. The van der Waals surface area contributed by atoms with E-state index in [2.05, 4.69) is 0 Å². The van der Waals surface area contributed by atoms with Crippen LogP contribution in [-0.2, 0) is 4.74 Å². The van der Waals surface area contributed by atoms with E-state index < -0.39 is 0 Å². The highest BCUT2D eigenvalue weighted by Gasteiger charge is 2.33. The van der Waals surface area contributed by atoms with Crippen LogP contribution in [0.15, 0.2) is 0 Å². The van der Waals surface area contributed by atoms with Crippen LogP contribution in [0.25, 0.3) is 0 Å². The van der Waals surface area contributed by atoms with E-state index in [0.717, 1.165) is 0 Å². The maximum Gasteiger partial charge on any atom is 0.170 e. The molecule has 1 rings (SSSR count). The molecule has 1 unspecified atom stereocenters. The Hall–Kier alpha value is -0.550. The molecule has 0 radical (unpaired) electrons. The molecule has 2 nitrogen and oxygen atoms in total. The largest absolute Gasteiger partial charge is 0.354 e. The standard InChI is InChI=1S/C4H5NO/c1-3-4(2-5)6-3/h3-4H,1H3/t3?,4-/m1/s1. The van der Waals surface area contributed by atoms with Gasteiger partial charge < -0.3 is 4.74 Å². The first-order chi connectivity index (χ1) is 2.84. The molecular formula is C4H5NO. The van der Waals surface area contributed by atoms with E-state index in [1.807, 2.05) is 13.0 Å². The van der Waals surface area contributed by atoms with Crippen LogP contribution in [0.1, 0.15) is 6.92 Å². The molecule has 0 aromatic heterocycles. The van der Waals surface area contributed by atoms with Crippen molar-refractivity contribution < 1.29 is 4.74 Å². The number of epoxide rings is 1. The zero-order valence-corrected chi connectivity index (χ0v) is 3.51. The highest BCUT2D eigenvalue weighted by Crippen LogP contribution is 2.18. The number of nitrogens with zero attached hydrogens (tertiary/aromatic N) is 1. The van der Waals surface area contributed by atoms with Crippen LogP contribution in [0.5, 0.6) is 0 Å². The summed E-state index contributed by atoms with van der Waals surface area (Å²) >= 11 is 0. The zero-order valence-electron chi connectivity index (χ0n) is 3.51. The number of hydrogen-bond acceptors (Lipinski definition) is 2. The third-order valence-corrected chi connectivity index (χ3v) is 0.838. The van der Waals surface area contributed by atoms with Crippen molar-refractivity contribution >= 4 is 0 Å². The summed E-state index contributed by atoms with van der Waals surface area (Å²) in [5, 5.41) is 8.00. The Morgan fingerprint density at radius 1 is 1.83 bits per heavy atom. The summed E-state index contributed by atoms with van der Waals surface area (Å²) in [6, 6.07) is 1.97. The maximum atomic E-state index is 8.00. The fourth-order valence-electron chi connectivity index (χ4n) is 0.321. The Balaban J connectivity index is 2.31. The van der Waals surface area contributed by atoms with Crippen molar-refractivity contribution in [3.63, 3.8) is 0 Å². The van der Waals surface area contributed by atoms with Crippen molar-refractivity contribution in [2.45, 2.75) is 19.1 Å². The average Bonchev–Trinajstić information content (AvgIpc) is 2.19. The molecule has 0 N–H and O–H groups in total. The van der Waals surface area contributed by atoms with Gasteiger partial charge in [-0.3, -0.25) is 0 Å². The van der Waals surface area contributed by atoms with Gasteiger partial charge in [-0.2, -0.15) is 5.26 Å². The summed E-state index contributed by atoms with van der Waals surface area (Å²) in [7, 11) is 0. The van der Waals surface area contributed by atoms with Gasteiger partial charge in [-0.15, -0.1) is 0 Å². The van der Waals surface area contributed by atoms with Crippen molar-refractivity contribution in [1.82, 2.24) is 0 Å². The molecule has 1 aliphatic rings. The Morgan fingerprint density at radius 2 is 2.33 bits per heavy atom. The normalized spacial score (nSPS) is 41.3. The smallest absolute Gasteiger partial charge is 0.170 e. The second-order valence-electron chi connectivity index (χ2n) is 1.39. The van der Waals surface area contributed by atoms with E-state index in [4.69, 9.17) is 10.00 Å². The molecular weight excluding hydrogens is 78.0 g/mol. The maximum absolute atomic E-state index is 8.00. The SMILES string of the molecule is CC1O[C@@H]1C#N. The highest BCUT2D eigenvalue weighted by atomic mass is 16.6. The molecule has 1 aliphatic heterocycles. The molecule has 2 heteroatoms. The molecule has 0 bridgehead atoms. The molecule has 1 saturated heterocycles. The number of rotatable bonds is 0. The van der Waals surface area contributed by atoms with Gasteiger partial charge in [-0.05, 0) is 6.92 Å². The fourth-order valence-corrected chi connectivity index (χ4v) is 0.321. The first kappa shape index (κ1) is 3.63. The molecule has 0 amide bonds. The van der Waals surface area contributed by atoms with E-state index in [-0.39, 0.29) is 12.2 Å². The minimum Gasteiger partial charge on any atom is -0.354 e. The predicted octanol–water partition coefficient (Wildman–Crippen LogP) is 0.297. The second-order valence-corrected chi connectivity index (χ2v) is 1.39. The van der Waals surface area contributed by atoms with Crippen molar-refractivity contribution in [3.05, 3.63) is 0 Å². The molecule has 0 spiro atoms. The predicted molar refractivity (Wildman–Crippen MR) is 19.9 cm³/mol. The van der Waals surface area contributed by atoms with Crippen molar-refractivity contribution in [3.8, 4) is 6.07 Å². The van der Waals surface area contributed by atoms with Crippen LogP contribution in [0.3, 0.4) is 0 Å². The van der Waals surface area contributed by atoms with Gasteiger partial charge in [0.25, 0.3) is 0 Å². The van der Waals surface area contributed by atoms with Crippen LogP contribution in [-0.4, -0.2) is 12.2 Å². The molecule has 6 heavy (non-hydrogen) atoms. The lowest BCUT2D eigenvalue weighted by atomic mass is 10.4. The monoisotopic (exact) mass is 83.0 g/mol. The van der Waals surface area contributed by atoms with Crippen molar-refractivity contribution in [2.24, 2.45) is 0 Å². The zero-order chi connectivity index (χ0) is 4.57. The van der Waals surface area contributed by atoms with E-state index >= 15 is 0 Å². The first-order valence-corrected chi connectivity index (χ1v) is 1.89. The van der Waals surface area contributed by atoms with Crippen LogP contribution in [0, 0.1) is 11.3 Å². The van der Waals surface area contributed by atoms with E-state index in [1.54, 1.807) is 0 Å².